The number of methoxy groups -OCH3 is 1. The fourth-order valence-corrected chi connectivity index (χ4v) is 2.79. The summed E-state index contributed by atoms with van der Waals surface area (Å²) in [6.07, 6.45) is 1.48. The molecule has 3 aromatic rings. The number of imidazole rings is 1. The summed E-state index contributed by atoms with van der Waals surface area (Å²) in [5.41, 5.74) is 9.98. The molecule has 0 saturated heterocycles. The van der Waals surface area contributed by atoms with E-state index >= 15 is 0 Å². The van der Waals surface area contributed by atoms with E-state index in [-0.39, 0.29) is 19.1 Å². The molecule has 3 N–H and O–H groups in total. The average molecular weight is 395 g/mol. The Kier molecular flexibility index (Phi) is 6.08. The van der Waals surface area contributed by atoms with Crippen molar-refractivity contribution < 1.29 is 19.1 Å². The number of nitrogens with two attached hydrogens (primary N) is 1. The second-order valence-corrected chi connectivity index (χ2v) is 6.19. The first-order valence-corrected chi connectivity index (χ1v) is 8.81. The summed E-state index contributed by atoms with van der Waals surface area (Å²) in [5.74, 6) is 0.695. The molecule has 3 rings (SSSR count). The molecule has 2 amide bonds. The number of aromatic nitrogens is 2. The molecular weight excluding hydrogens is 374 g/mol. The molecule has 9 nitrogen and oxygen atoms in total. The van der Waals surface area contributed by atoms with Crippen LogP contribution >= 0.6 is 0 Å². The zero-order valence-electron chi connectivity index (χ0n) is 16.1. The number of hydrogen-bond donors (Lipinski definition) is 2. The van der Waals surface area contributed by atoms with E-state index in [9.17, 15) is 9.59 Å². The Morgan fingerprint density at radius 2 is 2.03 bits per heavy atom. The molecule has 0 atom stereocenters. The van der Waals surface area contributed by atoms with Crippen molar-refractivity contribution in [2.45, 2.75) is 13.5 Å². The maximum absolute atomic E-state index is 12.3. The van der Waals surface area contributed by atoms with Crippen LogP contribution in [0.5, 0.6) is 11.5 Å². The highest BCUT2D eigenvalue weighted by Gasteiger charge is 2.10. The van der Waals surface area contributed by atoms with E-state index in [1.54, 1.807) is 18.2 Å². The van der Waals surface area contributed by atoms with E-state index in [0.29, 0.717) is 17.1 Å². The number of ether oxygens (including phenoxy) is 2. The van der Waals surface area contributed by atoms with Gasteiger partial charge in [-0.2, -0.15) is 5.10 Å². The fourth-order valence-electron chi connectivity index (χ4n) is 2.79. The number of primary amides is 1. The molecule has 0 bridgehead atoms. The van der Waals surface area contributed by atoms with Crippen LogP contribution in [0.15, 0.2) is 47.6 Å². The smallest absolute Gasteiger partial charge is 0.260 e. The third-order valence-corrected chi connectivity index (χ3v) is 4.11. The van der Waals surface area contributed by atoms with Gasteiger partial charge in [-0.3, -0.25) is 9.59 Å². The Balaban J connectivity index is 1.63. The summed E-state index contributed by atoms with van der Waals surface area (Å²) < 4.78 is 12.3. The van der Waals surface area contributed by atoms with Gasteiger partial charge in [0.15, 0.2) is 18.1 Å². The summed E-state index contributed by atoms with van der Waals surface area (Å²) in [6, 6.07) is 12.6. The number of fused-ring (bicyclic) bond motifs is 1. The predicted molar refractivity (Wildman–Crippen MR) is 108 cm³/mol. The minimum Gasteiger partial charge on any atom is -0.493 e. The summed E-state index contributed by atoms with van der Waals surface area (Å²) in [5, 5.41) is 3.98. The van der Waals surface area contributed by atoms with Crippen molar-refractivity contribution >= 4 is 29.1 Å². The lowest BCUT2D eigenvalue weighted by molar-refractivity contribution is -0.121. The molecule has 1 aromatic heterocycles. The maximum Gasteiger partial charge on any atom is 0.260 e. The van der Waals surface area contributed by atoms with E-state index < -0.39 is 5.91 Å². The largest absolute Gasteiger partial charge is 0.493 e. The maximum atomic E-state index is 12.3. The van der Waals surface area contributed by atoms with Crippen LogP contribution in [0.2, 0.25) is 0 Å². The van der Waals surface area contributed by atoms with E-state index in [4.69, 9.17) is 15.2 Å². The van der Waals surface area contributed by atoms with E-state index in [2.05, 4.69) is 15.5 Å². The Labute approximate surface area is 167 Å². The number of carbonyl (C=O) groups excluding carboxylic acids is 2. The first kappa shape index (κ1) is 19.9. The molecule has 0 aliphatic carbocycles. The van der Waals surface area contributed by atoms with Crippen LogP contribution in [0.1, 0.15) is 11.4 Å². The number of hydrazone groups is 1. The highest BCUT2D eigenvalue weighted by Crippen LogP contribution is 2.27. The number of aryl methyl sites for hydroxylation is 1. The van der Waals surface area contributed by atoms with Gasteiger partial charge < -0.3 is 19.8 Å². The van der Waals surface area contributed by atoms with Crippen molar-refractivity contribution in [2.75, 3.05) is 13.7 Å². The third-order valence-electron chi connectivity index (χ3n) is 4.11. The molecule has 0 aliphatic rings. The Bertz CT molecular complexity index is 1070. The molecule has 1 heterocycles. The minimum absolute atomic E-state index is 0.104. The zero-order valence-corrected chi connectivity index (χ0v) is 16.1. The number of hydrogen-bond acceptors (Lipinski definition) is 6. The summed E-state index contributed by atoms with van der Waals surface area (Å²) >= 11 is 0. The van der Waals surface area contributed by atoms with Crippen LogP contribution in [0, 0.1) is 6.92 Å². The predicted octanol–water partition coefficient (Wildman–Crippen LogP) is 1.37. The molecule has 9 heteroatoms. The van der Waals surface area contributed by atoms with Crippen LogP contribution in [0.4, 0.5) is 0 Å². The van der Waals surface area contributed by atoms with Crippen LogP contribution in [0.25, 0.3) is 11.0 Å². The van der Waals surface area contributed by atoms with Crippen molar-refractivity contribution in [3.05, 3.63) is 53.9 Å². The summed E-state index contributed by atoms with van der Waals surface area (Å²) in [7, 11) is 1.48. The van der Waals surface area contributed by atoms with Gasteiger partial charge in [-0.1, -0.05) is 12.1 Å². The number of para-hydroxylation sites is 2. The monoisotopic (exact) mass is 395 g/mol. The molecule has 0 radical (unpaired) electrons. The lowest BCUT2D eigenvalue weighted by Crippen LogP contribution is -2.23. The Hall–Kier alpha value is -3.88. The van der Waals surface area contributed by atoms with Gasteiger partial charge in [0.05, 0.1) is 24.4 Å². The topological polar surface area (TPSA) is 121 Å². The summed E-state index contributed by atoms with van der Waals surface area (Å²) in [4.78, 5) is 27.5. The first-order valence-electron chi connectivity index (χ1n) is 8.81. The highest BCUT2D eigenvalue weighted by atomic mass is 16.5. The molecule has 0 saturated carbocycles. The van der Waals surface area contributed by atoms with Crippen molar-refractivity contribution in [1.29, 1.82) is 0 Å². The average Bonchev–Trinajstić information content (AvgIpc) is 3.02. The standard InChI is InChI=1S/C20H21N5O4/c1-13-23-15-5-3-4-6-16(15)25(13)11-20(27)24-22-10-14-7-8-17(18(9-14)28-2)29-12-19(21)26/h3-10H,11-12H2,1-2H3,(H2,21,26)(H,24,27)/b22-10-. The number of amides is 2. The van der Waals surface area contributed by atoms with Crippen molar-refractivity contribution in [3.63, 3.8) is 0 Å². The van der Waals surface area contributed by atoms with Gasteiger partial charge in [0.25, 0.3) is 11.8 Å². The SMILES string of the molecule is COc1cc(/C=N\NC(=O)Cn2c(C)nc3ccccc32)ccc1OCC(N)=O. The van der Waals surface area contributed by atoms with E-state index in [1.807, 2.05) is 35.8 Å². The minimum atomic E-state index is -0.582. The van der Waals surface area contributed by atoms with Crippen molar-refractivity contribution in [3.8, 4) is 11.5 Å². The number of nitrogens with zero attached hydrogens (tertiary/aromatic N) is 3. The second kappa shape index (κ2) is 8.87. The number of rotatable bonds is 8. The highest BCUT2D eigenvalue weighted by molar-refractivity contribution is 5.84. The molecule has 150 valence electrons. The lowest BCUT2D eigenvalue weighted by Gasteiger charge is -2.09. The van der Waals surface area contributed by atoms with Gasteiger partial charge in [-0.25, -0.2) is 10.4 Å². The molecule has 0 spiro atoms. The molecule has 0 aliphatic heterocycles. The zero-order chi connectivity index (χ0) is 20.8. The number of carbonyl (C=O) groups is 2. The van der Waals surface area contributed by atoms with Gasteiger partial charge in [-0.15, -0.1) is 0 Å². The van der Waals surface area contributed by atoms with Crippen LogP contribution in [-0.4, -0.2) is 41.3 Å². The van der Waals surface area contributed by atoms with E-state index in [1.165, 1.54) is 13.3 Å². The van der Waals surface area contributed by atoms with Crippen LogP contribution in [0.3, 0.4) is 0 Å². The molecule has 0 unspecified atom stereocenters. The lowest BCUT2D eigenvalue weighted by atomic mass is 10.2. The molecular formula is C20H21N5O4. The normalized spacial score (nSPS) is 11.0. The van der Waals surface area contributed by atoms with Crippen molar-refractivity contribution in [2.24, 2.45) is 10.8 Å². The van der Waals surface area contributed by atoms with Crippen molar-refractivity contribution in [1.82, 2.24) is 15.0 Å². The molecule has 0 fully saturated rings. The van der Waals surface area contributed by atoms with Gasteiger partial charge in [-0.05, 0) is 42.8 Å². The quantitative estimate of drug-likeness (QED) is 0.441. The van der Waals surface area contributed by atoms with Gasteiger partial charge in [0.2, 0.25) is 0 Å². The van der Waals surface area contributed by atoms with Gasteiger partial charge in [0, 0.05) is 0 Å². The first-order chi connectivity index (χ1) is 14.0. The Morgan fingerprint density at radius 1 is 1.24 bits per heavy atom. The fraction of sp³-hybridized carbons (Fsp3) is 0.200. The van der Waals surface area contributed by atoms with Crippen LogP contribution in [-0.2, 0) is 16.1 Å². The van der Waals surface area contributed by atoms with Gasteiger partial charge in [0.1, 0.15) is 12.4 Å². The number of benzene rings is 2. The molecule has 29 heavy (non-hydrogen) atoms. The van der Waals surface area contributed by atoms with E-state index in [0.717, 1.165) is 16.9 Å². The second-order valence-electron chi connectivity index (χ2n) is 6.19. The third kappa shape index (κ3) is 4.89. The van der Waals surface area contributed by atoms with Gasteiger partial charge >= 0.3 is 0 Å². The molecule has 2 aromatic carbocycles. The Morgan fingerprint density at radius 3 is 2.79 bits per heavy atom. The van der Waals surface area contributed by atoms with Crippen LogP contribution < -0.4 is 20.6 Å². The number of nitrogens with one attached hydrogen (secondary N) is 1. The summed E-state index contributed by atoms with van der Waals surface area (Å²) in [6.45, 7) is 1.71.